The summed E-state index contributed by atoms with van der Waals surface area (Å²) in [5.41, 5.74) is -0.133. The second kappa shape index (κ2) is 6.35. The van der Waals surface area contributed by atoms with Gasteiger partial charge in [-0.2, -0.15) is 0 Å². The van der Waals surface area contributed by atoms with Gasteiger partial charge < -0.3 is 0 Å². The van der Waals surface area contributed by atoms with E-state index in [2.05, 4.69) is 52.5 Å². The fraction of sp³-hybridized carbons (Fsp3) is 0.455. The molecular formula is C11H14Br3NO2S. The Balaban J connectivity index is 2.97. The summed E-state index contributed by atoms with van der Waals surface area (Å²) in [6.07, 6.45) is 0. The number of hydrogen-bond acceptors (Lipinski definition) is 2. The van der Waals surface area contributed by atoms with Crippen LogP contribution in [-0.2, 0) is 10.0 Å². The van der Waals surface area contributed by atoms with Gasteiger partial charge in [0.2, 0.25) is 10.0 Å². The van der Waals surface area contributed by atoms with Crippen LogP contribution in [0.5, 0.6) is 0 Å². The first-order valence-corrected chi connectivity index (χ1v) is 9.38. The molecule has 0 bridgehead atoms. The summed E-state index contributed by atoms with van der Waals surface area (Å²) in [5, 5.41) is 0.724. The van der Waals surface area contributed by atoms with Crippen LogP contribution in [0.15, 0.2) is 32.0 Å². The lowest BCUT2D eigenvalue weighted by molar-refractivity contribution is 0.420. The van der Waals surface area contributed by atoms with Crippen LogP contribution in [0, 0.1) is 5.41 Å². The van der Waals surface area contributed by atoms with E-state index in [1.54, 1.807) is 18.2 Å². The van der Waals surface area contributed by atoms with Crippen molar-refractivity contribution in [2.45, 2.75) is 18.7 Å². The molecule has 0 aliphatic carbocycles. The summed E-state index contributed by atoms with van der Waals surface area (Å²) in [7, 11) is -3.50. The maximum absolute atomic E-state index is 12.2. The van der Waals surface area contributed by atoms with E-state index in [9.17, 15) is 8.42 Å². The second-order valence-electron chi connectivity index (χ2n) is 4.70. The third-order valence-corrected chi connectivity index (χ3v) is 6.69. The molecule has 102 valence electrons. The Kier molecular flexibility index (Phi) is 5.86. The van der Waals surface area contributed by atoms with Gasteiger partial charge in [0.1, 0.15) is 0 Å². The van der Waals surface area contributed by atoms with Gasteiger partial charge in [-0.1, -0.05) is 45.7 Å². The van der Waals surface area contributed by atoms with Crippen molar-refractivity contribution in [3.05, 3.63) is 27.1 Å². The first-order valence-electron chi connectivity index (χ1n) is 5.19. The van der Waals surface area contributed by atoms with Gasteiger partial charge in [-0.25, -0.2) is 13.1 Å². The van der Waals surface area contributed by atoms with Crippen LogP contribution < -0.4 is 4.72 Å². The summed E-state index contributed by atoms with van der Waals surface area (Å²) < 4.78 is 28.3. The number of rotatable bonds is 5. The minimum Gasteiger partial charge on any atom is -0.211 e. The first kappa shape index (κ1) is 16.6. The van der Waals surface area contributed by atoms with Crippen molar-refractivity contribution in [1.29, 1.82) is 0 Å². The number of benzene rings is 1. The van der Waals surface area contributed by atoms with Crippen molar-refractivity contribution in [2.24, 2.45) is 5.41 Å². The van der Waals surface area contributed by atoms with Gasteiger partial charge in [0.25, 0.3) is 0 Å². The first-order chi connectivity index (χ1) is 8.18. The van der Waals surface area contributed by atoms with Gasteiger partial charge in [0, 0.05) is 20.8 Å². The Morgan fingerprint density at radius 1 is 1.28 bits per heavy atom. The minimum absolute atomic E-state index is 0.133. The van der Waals surface area contributed by atoms with Crippen LogP contribution in [0.1, 0.15) is 13.8 Å². The standard InChI is InChI=1S/C11H14Br3NO2S/c1-11(2,6-12)7-15-18(16,17)10-5-8(13)3-4-9(10)14/h3-5,15H,6-7H2,1-2H3. The molecule has 1 aromatic rings. The molecule has 0 spiro atoms. The van der Waals surface area contributed by atoms with Crippen LogP contribution in [0.3, 0.4) is 0 Å². The molecule has 0 unspecified atom stereocenters. The fourth-order valence-electron chi connectivity index (χ4n) is 1.10. The van der Waals surface area contributed by atoms with E-state index in [1.807, 2.05) is 13.8 Å². The molecule has 0 fully saturated rings. The van der Waals surface area contributed by atoms with Gasteiger partial charge in [0.15, 0.2) is 0 Å². The zero-order chi connectivity index (χ0) is 14.0. The molecule has 7 heteroatoms. The quantitative estimate of drug-likeness (QED) is 0.673. The lowest BCUT2D eigenvalue weighted by Gasteiger charge is -2.22. The number of hydrogen-bond donors (Lipinski definition) is 1. The monoisotopic (exact) mass is 461 g/mol. The molecule has 3 nitrogen and oxygen atoms in total. The van der Waals surface area contributed by atoms with Crippen LogP contribution in [0.4, 0.5) is 0 Å². The number of alkyl halides is 1. The Morgan fingerprint density at radius 3 is 2.44 bits per heavy atom. The van der Waals surface area contributed by atoms with Gasteiger partial charge in [-0.15, -0.1) is 0 Å². The van der Waals surface area contributed by atoms with Crippen molar-refractivity contribution in [3.63, 3.8) is 0 Å². The molecule has 0 aliphatic heterocycles. The minimum atomic E-state index is -3.50. The van der Waals surface area contributed by atoms with Crippen LogP contribution in [0.25, 0.3) is 0 Å². The van der Waals surface area contributed by atoms with E-state index in [-0.39, 0.29) is 10.3 Å². The van der Waals surface area contributed by atoms with E-state index >= 15 is 0 Å². The molecule has 18 heavy (non-hydrogen) atoms. The average Bonchev–Trinajstić information content (AvgIpc) is 2.30. The predicted molar refractivity (Wildman–Crippen MR) is 84.6 cm³/mol. The molecular weight excluding hydrogens is 450 g/mol. The molecule has 0 radical (unpaired) electrons. The van der Waals surface area contributed by atoms with Crippen LogP contribution >= 0.6 is 47.8 Å². The van der Waals surface area contributed by atoms with Gasteiger partial charge >= 0.3 is 0 Å². The molecule has 0 aromatic heterocycles. The number of nitrogens with one attached hydrogen (secondary N) is 1. The largest absolute Gasteiger partial charge is 0.241 e. The van der Waals surface area contributed by atoms with Gasteiger partial charge in [-0.3, -0.25) is 0 Å². The average molecular weight is 464 g/mol. The normalized spacial score (nSPS) is 12.7. The smallest absolute Gasteiger partial charge is 0.211 e. The predicted octanol–water partition coefficient (Wildman–Crippen LogP) is 3.91. The third kappa shape index (κ3) is 4.59. The topological polar surface area (TPSA) is 46.2 Å². The highest BCUT2D eigenvalue weighted by atomic mass is 79.9. The highest BCUT2D eigenvalue weighted by molar-refractivity contribution is 9.11. The van der Waals surface area contributed by atoms with E-state index in [4.69, 9.17) is 0 Å². The lowest BCUT2D eigenvalue weighted by atomic mass is 9.98. The SMILES string of the molecule is CC(C)(CBr)CNS(=O)(=O)c1cc(Br)ccc1Br. The Bertz CT molecular complexity index is 529. The molecule has 0 atom stereocenters. The van der Waals surface area contributed by atoms with Gasteiger partial charge in [0.05, 0.1) is 4.90 Å². The maximum atomic E-state index is 12.2. The Labute approximate surface area is 133 Å². The van der Waals surface area contributed by atoms with E-state index < -0.39 is 10.0 Å². The maximum Gasteiger partial charge on any atom is 0.241 e. The van der Waals surface area contributed by atoms with Crippen molar-refractivity contribution < 1.29 is 8.42 Å². The summed E-state index contributed by atoms with van der Waals surface area (Å²) in [6, 6.07) is 5.06. The number of halogens is 3. The van der Waals surface area contributed by atoms with Crippen LogP contribution in [-0.4, -0.2) is 20.3 Å². The molecule has 1 aromatic carbocycles. The second-order valence-corrected chi connectivity index (χ2v) is 8.76. The molecule has 1 rings (SSSR count). The van der Waals surface area contributed by atoms with E-state index in [0.29, 0.717) is 11.0 Å². The highest BCUT2D eigenvalue weighted by Crippen LogP contribution is 2.26. The summed E-state index contributed by atoms with van der Waals surface area (Å²) in [6.45, 7) is 4.35. The summed E-state index contributed by atoms with van der Waals surface area (Å²) >= 11 is 9.90. The lowest BCUT2D eigenvalue weighted by Crippen LogP contribution is -2.35. The fourth-order valence-corrected chi connectivity index (χ4v) is 4.04. The molecule has 0 aliphatic rings. The third-order valence-electron chi connectivity index (χ3n) is 2.29. The molecule has 0 heterocycles. The Morgan fingerprint density at radius 2 is 1.89 bits per heavy atom. The zero-order valence-corrected chi connectivity index (χ0v) is 15.6. The molecule has 0 saturated heterocycles. The van der Waals surface area contributed by atoms with Crippen LogP contribution in [0.2, 0.25) is 0 Å². The zero-order valence-electron chi connectivity index (χ0n) is 10.0. The Hall–Kier alpha value is 0.570. The van der Waals surface area contributed by atoms with Crippen molar-refractivity contribution in [3.8, 4) is 0 Å². The van der Waals surface area contributed by atoms with Crippen molar-refractivity contribution in [2.75, 3.05) is 11.9 Å². The molecule has 0 saturated carbocycles. The summed E-state index contributed by atoms with van der Waals surface area (Å²) in [5.74, 6) is 0. The van der Waals surface area contributed by atoms with E-state index in [0.717, 1.165) is 9.80 Å². The number of sulfonamides is 1. The molecule has 1 N–H and O–H groups in total. The molecule has 0 amide bonds. The van der Waals surface area contributed by atoms with Crippen molar-refractivity contribution in [1.82, 2.24) is 4.72 Å². The van der Waals surface area contributed by atoms with E-state index in [1.165, 1.54) is 0 Å². The highest BCUT2D eigenvalue weighted by Gasteiger charge is 2.23. The summed E-state index contributed by atoms with van der Waals surface area (Å²) in [4.78, 5) is 0.238. The van der Waals surface area contributed by atoms with Crippen molar-refractivity contribution >= 4 is 57.8 Å². The van der Waals surface area contributed by atoms with Gasteiger partial charge in [-0.05, 0) is 39.5 Å².